The molecule has 0 spiro atoms. The summed E-state index contributed by atoms with van der Waals surface area (Å²) in [5.74, 6) is 1.64. The second-order valence-corrected chi connectivity index (χ2v) is 6.64. The maximum absolute atomic E-state index is 9.60. The van der Waals surface area contributed by atoms with E-state index in [0.29, 0.717) is 0 Å². The maximum atomic E-state index is 9.60. The van der Waals surface area contributed by atoms with Crippen molar-refractivity contribution in [3.8, 4) is 0 Å². The van der Waals surface area contributed by atoms with Crippen molar-refractivity contribution in [1.29, 1.82) is 0 Å². The van der Waals surface area contributed by atoms with E-state index in [1.165, 1.54) is 0 Å². The highest BCUT2D eigenvalue weighted by atomic mass is 35.5. The normalized spacial score (nSPS) is 19.1. The molecule has 0 bridgehead atoms. The maximum Gasteiger partial charge on any atom is 0.134 e. The number of anilines is 2. The van der Waals surface area contributed by atoms with Gasteiger partial charge in [0.15, 0.2) is 0 Å². The van der Waals surface area contributed by atoms with Gasteiger partial charge >= 0.3 is 0 Å². The molecule has 2 aromatic rings. The lowest BCUT2D eigenvalue weighted by Gasteiger charge is -2.35. The van der Waals surface area contributed by atoms with Crippen LogP contribution in [-0.4, -0.2) is 34.3 Å². The number of aliphatic hydroxyl groups excluding tert-OH is 1. The number of aromatic nitrogens is 2. The topological polar surface area (TPSA) is 61.3 Å². The molecule has 0 amide bonds. The van der Waals surface area contributed by atoms with E-state index in [2.05, 4.69) is 27.1 Å². The lowest BCUT2D eigenvalue weighted by Crippen LogP contribution is -2.42. The third kappa shape index (κ3) is 3.97. The van der Waals surface area contributed by atoms with Gasteiger partial charge in [0, 0.05) is 23.7 Å². The van der Waals surface area contributed by atoms with E-state index in [4.69, 9.17) is 11.6 Å². The Morgan fingerprint density at radius 1 is 1.33 bits per heavy atom. The largest absolute Gasteiger partial charge is 0.394 e. The molecule has 128 valence electrons. The van der Waals surface area contributed by atoms with Crippen LogP contribution in [0.5, 0.6) is 0 Å². The minimum atomic E-state index is 0.0847. The molecular formula is C18H23ClN4O. The molecule has 6 heteroatoms. The smallest absolute Gasteiger partial charge is 0.134 e. The molecule has 3 rings (SSSR count). The number of hydrogen-bond donors (Lipinski definition) is 2. The Morgan fingerprint density at radius 2 is 2.21 bits per heavy atom. The van der Waals surface area contributed by atoms with Crippen LogP contribution in [0.2, 0.25) is 5.02 Å². The van der Waals surface area contributed by atoms with Crippen LogP contribution in [-0.2, 0) is 0 Å². The predicted octanol–water partition coefficient (Wildman–Crippen LogP) is 3.65. The number of aliphatic hydroxyl groups is 1. The summed E-state index contributed by atoms with van der Waals surface area (Å²) < 4.78 is 0. The molecule has 1 aliphatic heterocycles. The van der Waals surface area contributed by atoms with Gasteiger partial charge in [-0.1, -0.05) is 23.7 Å². The molecule has 0 radical (unpaired) electrons. The lowest BCUT2D eigenvalue weighted by molar-refractivity contribution is 0.239. The van der Waals surface area contributed by atoms with E-state index in [1.54, 1.807) is 6.33 Å². The fourth-order valence-electron chi connectivity index (χ4n) is 3.16. The van der Waals surface area contributed by atoms with E-state index < -0.39 is 0 Å². The Balaban J connectivity index is 1.75. The predicted molar refractivity (Wildman–Crippen MR) is 97.6 cm³/mol. The number of nitrogens with zero attached hydrogens (tertiary/aromatic N) is 3. The molecule has 0 aliphatic carbocycles. The molecule has 1 saturated heterocycles. The Kier molecular flexibility index (Phi) is 5.53. The minimum absolute atomic E-state index is 0.0847. The van der Waals surface area contributed by atoms with E-state index in [1.807, 2.05) is 30.3 Å². The second-order valence-electron chi connectivity index (χ2n) is 6.21. The molecular weight excluding hydrogens is 324 g/mol. The van der Waals surface area contributed by atoms with Gasteiger partial charge in [-0.15, -0.1) is 0 Å². The van der Waals surface area contributed by atoms with Gasteiger partial charge in [0.2, 0.25) is 0 Å². The van der Waals surface area contributed by atoms with Gasteiger partial charge < -0.3 is 15.3 Å². The summed E-state index contributed by atoms with van der Waals surface area (Å²) in [5.41, 5.74) is 1.11. The fraction of sp³-hybridized carbons (Fsp3) is 0.444. The highest BCUT2D eigenvalue weighted by molar-refractivity contribution is 6.30. The molecule has 2 N–H and O–H groups in total. The van der Waals surface area contributed by atoms with Gasteiger partial charge in [0.05, 0.1) is 12.6 Å². The third-order valence-corrected chi connectivity index (χ3v) is 4.73. The van der Waals surface area contributed by atoms with E-state index in [-0.39, 0.29) is 18.7 Å². The monoisotopic (exact) mass is 346 g/mol. The summed E-state index contributed by atoms with van der Waals surface area (Å²) in [6.07, 6.45) is 4.86. The highest BCUT2D eigenvalue weighted by Gasteiger charge is 2.23. The van der Waals surface area contributed by atoms with Gasteiger partial charge in [-0.05, 0) is 43.9 Å². The zero-order valence-electron chi connectivity index (χ0n) is 13.8. The molecule has 5 nitrogen and oxygen atoms in total. The van der Waals surface area contributed by atoms with Gasteiger partial charge in [0.1, 0.15) is 18.0 Å². The number of rotatable bonds is 5. The van der Waals surface area contributed by atoms with Gasteiger partial charge in [0.25, 0.3) is 0 Å². The summed E-state index contributed by atoms with van der Waals surface area (Å²) in [4.78, 5) is 10.9. The van der Waals surface area contributed by atoms with Crippen LogP contribution in [0.4, 0.5) is 11.6 Å². The van der Waals surface area contributed by atoms with E-state index in [0.717, 1.165) is 48.0 Å². The van der Waals surface area contributed by atoms with Crippen LogP contribution >= 0.6 is 11.6 Å². The Labute approximate surface area is 147 Å². The molecule has 2 heterocycles. The molecule has 2 atom stereocenters. The molecule has 1 aliphatic rings. The molecule has 1 fully saturated rings. The second kappa shape index (κ2) is 7.81. The quantitative estimate of drug-likeness (QED) is 0.865. The first-order chi connectivity index (χ1) is 11.7. The summed E-state index contributed by atoms with van der Waals surface area (Å²) in [6, 6.07) is 9.99. The number of piperidine rings is 1. The summed E-state index contributed by atoms with van der Waals surface area (Å²) in [7, 11) is 0. The lowest BCUT2D eigenvalue weighted by atomic mass is 10.0. The summed E-state index contributed by atoms with van der Waals surface area (Å²) in [6.45, 7) is 3.15. The first-order valence-electron chi connectivity index (χ1n) is 8.39. The zero-order valence-corrected chi connectivity index (χ0v) is 14.6. The average molecular weight is 347 g/mol. The Hall–Kier alpha value is -1.85. The minimum Gasteiger partial charge on any atom is -0.394 e. The van der Waals surface area contributed by atoms with Crippen molar-refractivity contribution in [2.24, 2.45) is 0 Å². The van der Waals surface area contributed by atoms with Crippen LogP contribution in [0.3, 0.4) is 0 Å². The Morgan fingerprint density at radius 3 is 3.00 bits per heavy atom. The average Bonchev–Trinajstić information content (AvgIpc) is 2.62. The molecule has 1 aromatic heterocycles. The van der Waals surface area contributed by atoms with Crippen LogP contribution in [0, 0.1) is 0 Å². The molecule has 1 unspecified atom stereocenters. The van der Waals surface area contributed by atoms with E-state index in [9.17, 15) is 5.11 Å². The first kappa shape index (κ1) is 17.0. The number of benzene rings is 1. The van der Waals surface area contributed by atoms with Crippen molar-refractivity contribution in [3.05, 3.63) is 47.2 Å². The molecule has 24 heavy (non-hydrogen) atoms. The SMILES string of the molecule is C[C@@H](Nc1cc(N2CCCCC2CO)ncn1)c1cccc(Cl)c1. The van der Waals surface area contributed by atoms with Gasteiger partial charge in [-0.2, -0.15) is 0 Å². The van der Waals surface area contributed by atoms with Gasteiger partial charge in [-0.3, -0.25) is 0 Å². The summed E-state index contributed by atoms with van der Waals surface area (Å²) >= 11 is 6.07. The van der Waals surface area contributed by atoms with Crippen molar-refractivity contribution in [3.63, 3.8) is 0 Å². The number of nitrogens with one attached hydrogen (secondary N) is 1. The standard InChI is InChI=1S/C18H23ClN4O/c1-13(14-5-4-6-15(19)9-14)22-17-10-18(21-12-20-17)23-8-3-2-7-16(23)11-24/h4-6,9-10,12-13,16,24H,2-3,7-8,11H2,1H3,(H,20,21,22)/t13-,16?/m1/s1. The first-order valence-corrected chi connectivity index (χ1v) is 8.76. The van der Waals surface area contributed by atoms with Crippen molar-refractivity contribution in [1.82, 2.24) is 9.97 Å². The van der Waals surface area contributed by atoms with Crippen LogP contribution in [0.25, 0.3) is 0 Å². The van der Waals surface area contributed by atoms with E-state index >= 15 is 0 Å². The van der Waals surface area contributed by atoms with Crippen molar-refractivity contribution in [2.45, 2.75) is 38.3 Å². The van der Waals surface area contributed by atoms with Crippen LogP contribution in [0.1, 0.15) is 37.8 Å². The highest BCUT2D eigenvalue weighted by Crippen LogP contribution is 2.26. The van der Waals surface area contributed by atoms with Crippen molar-refractivity contribution in [2.75, 3.05) is 23.4 Å². The van der Waals surface area contributed by atoms with Crippen molar-refractivity contribution >= 4 is 23.2 Å². The number of hydrogen-bond acceptors (Lipinski definition) is 5. The molecule has 0 saturated carbocycles. The number of halogens is 1. The zero-order chi connectivity index (χ0) is 16.9. The molecule has 1 aromatic carbocycles. The van der Waals surface area contributed by atoms with Crippen LogP contribution < -0.4 is 10.2 Å². The van der Waals surface area contributed by atoms with Crippen LogP contribution in [0.15, 0.2) is 36.7 Å². The van der Waals surface area contributed by atoms with Gasteiger partial charge in [-0.25, -0.2) is 9.97 Å². The third-order valence-electron chi connectivity index (χ3n) is 4.50. The fourth-order valence-corrected chi connectivity index (χ4v) is 3.35. The summed E-state index contributed by atoms with van der Waals surface area (Å²) in [5, 5.41) is 13.7. The Bertz CT molecular complexity index is 682. The van der Waals surface area contributed by atoms with Crippen molar-refractivity contribution < 1.29 is 5.11 Å².